The molecule has 49 heavy (non-hydrogen) atoms. The van der Waals surface area contributed by atoms with E-state index in [0.29, 0.717) is 17.5 Å². The molecule has 4 aromatic heterocycles. The molecule has 0 unspecified atom stereocenters. The van der Waals surface area contributed by atoms with E-state index in [4.69, 9.17) is 15.0 Å². The highest BCUT2D eigenvalue weighted by Gasteiger charge is 2.21. The van der Waals surface area contributed by atoms with E-state index in [1.54, 1.807) is 0 Å². The van der Waals surface area contributed by atoms with Crippen LogP contribution in [-0.4, -0.2) is 19.5 Å². The van der Waals surface area contributed by atoms with Crippen LogP contribution in [0.1, 0.15) is 0 Å². The third-order valence-electron chi connectivity index (χ3n) is 9.11. The minimum Gasteiger partial charge on any atom is -0.308 e. The number of fused-ring (bicyclic) bond motifs is 7. The Morgan fingerprint density at radius 1 is 0.429 bits per heavy atom. The summed E-state index contributed by atoms with van der Waals surface area (Å²) < 4.78 is 6.48. The van der Waals surface area contributed by atoms with Crippen molar-refractivity contribution in [2.45, 2.75) is 0 Å². The van der Waals surface area contributed by atoms with Gasteiger partial charge >= 0.3 is 0 Å². The van der Waals surface area contributed by atoms with E-state index >= 15 is 0 Å². The average molecular weight is 663 g/mol. The van der Waals surface area contributed by atoms with Gasteiger partial charge in [0.15, 0.2) is 17.5 Å². The molecule has 0 saturated carbocycles. The summed E-state index contributed by atoms with van der Waals surface area (Å²) in [5, 5.41) is 3.96. The molecular weight excluding hydrogens is 637 g/mol. The maximum absolute atomic E-state index is 4.92. The Morgan fingerprint density at radius 3 is 1.61 bits per heavy atom. The Hall–Kier alpha value is -5.95. The molecule has 0 amide bonds. The van der Waals surface area contributed by atoms with Crippen molar-refractivity contribution >= 4 is 63.3 Å². The highest BCUT2D eigenvalue weighted by atomic mass is 32.2. The summed E-state index contributed by atoms with van der Waals surface area (Å²) >= 11 is 3.80. The number of thiophene rings is 2. The molecule has 0 aliphatic carbocycles. The molecule has 10 aromatic rings. The van der Waals surface area contributed by atoms with E-state index < -0.39 is 0 Å². The van der Waals surface area contributed by atoms with Crippen molar-refractivity contribution in [2.24, 2.45) is 0 Å². The lowest BCUT2D eigenvalue weighted by atomic mass is 10.0. The molecule has 0 N–H and O–H groups in total. The summed E-state index contributed by atoms with van der Waals surface area (Å²) in [6, 6.07) is 55.2. The van der Waals surface area contributed by atoms with E-state index in [9.17, 15) is 0 Å². The summed E-state index contributed by atoms with van der Waals surface area (Å²) in [6.07, 6.45) is 0. The lowest BCUT2D eigenvalue weighted by Crippen LogP contribution is -2.00. The third kappa shape index (κ3) is 4.68. The van der Waals surface area contributed by atoms with Gasteiger partial charge in [-0.1, -0.05) is 127 Å². The summed E-state index contributed by atoms with van der Waals surface area (Å²) in [5.41, 5.74) is 8.89. The standard InChI is InChI=1S/C43H26N4S2/c1-4-12-28(13-5-1)40-44-41(29-14-6-2-7-15-29)46-42(45-40)30-22-20-27(21-23-30)31-24-25-35-34(26-31)39-38(47(35)32-16-8-3-9-17-32)37-33-18-10-11-19-36(33)48-43(37)49-39/h1-26H. The van der Waals surface area contributed by atoms with Gasteiger partial charge in [-0.2, -0.15) is 0 Å². The Kier molecular flexibility index (Phi) is 6.50. The van der Waals surface area contributed by atoms with Crippen LogP contribution in [0.25, 0.3) is 91.6 Å². The molecule has 230 valence electrons. The molecule has 6 aromatic carbocycles. The van der Waals surface area contributed by atoms with E-state index in [-0.39, 0.29) is 0 Å². The first-order valence-corrected chi connectivity index (χ1v) is 17.8. The molecule has 4 heterocycles. The number of benzene rings is 6. The predicted molar refractivity (Wildman–Crippen MR) is 207 cm³/mol. The van der Waals surface area contributed by atoms with Crippen LogP contribution in [0.5, 0.6) is 0 Å². The minimum atomic E-state index is 0.655. The summed E-state index contributed by atoms with van der Waals surface area (Å²) in [6.45, 7) is 0. The third-order valence-corrected chi connectivity index (χ3v) is 11.6. The van der Waals surface area contributed by atoms with Crippen LogP contribution >= 0.6 is 22.7 Å². The summed E-state index contributed by atoms with van der Waals surface area (Å²) in [5.74, 6) is 1.98. The van der Waals surface area contributed by atoms with Crippen molar-refractivity contribution < 1.29 is 0 Å². The topological polar surface area (TPSA) is 43.6 Å². The van der Waals surface area contributed by atoms with Crippen molar-refractivity contribution in [3.05, 3.63) is 158 Å². The number of rotatable bonds is 5. The largest absolute Gasteiger partial charge is 0.308 e. The molecule has 0 bridgehead atoms. The van der Waals surface area contributed by atoms with Crippen molar-refractivity contribution in [3.8, 4) is 51.0 Å². The highest BCUT2D eigenvalue weighted by molar-refractivity contribution is 7.45. The molecule has 0 atom stereocenters. The first kappa shape index (κ1) is 28.1. The highest BCUT2D eigenvalue weighted by Crippen LogP contribution is 2.49. The average Bonchev–Trinajstić information content (AvgIpc) is 3.82. The maximum Gasteiger partial charge on any atom is 0.164 e. The fraction of sp³-hybridized carbons (Fsp3) is 0. The van der Waals surface area contributed by atoms with E-state index in [1.165, 1.54) is 51.9 Å². The second kappa shape index (κ2) is 11.3. The number of nitrogens with zero attached hydrogens (tertiary/aromatic N) is 4. The van der Waals surface area contributed by atoms with Gasteiger partial charge in [0.05, 0.1) is 19.7 Å². The zero-order valence-corrected chi connectivity index (χ0v) is 27.7. The van der Waals surface area contributed by atoms with Gasteiger partial charge in [0, 0.05) is 43.2 Å². The van der Waals surface area contributed by atoms with Crippen molar-refractivity contribution in [1.29, 1.82) is 0 Å². The molecule has 0 saturated heterocycles. The summed E-state index contributed by atoms with van der Waals surface area (Å²) in [4.78, 5) is 14.7. The van der Waals surface area contributed by atoms with Gasteiger partial charge in [-0.15, -0.1) is 22.7 Å². The molecule has 0 aliphatic heterocycles. The van der Waals surface area contributed by atoms with Gasteiger partial charge in [0.1, 0.15) is 0 Å². The summed E-state index contributed by atoms with van der Waals surface area (Å²) in [7, 11) is 0. The molecular formula is C43H26N4S2. The van der Waals surface area contributed by atoms with Crippen LogP contribution in [0.3, 0.4) is 0 Å². The van der Waals surface area contributed by atoms with E-state index in [1.807, 2.05) is 83.3 Å². The van der Waals surface area contributed by atoms with Gasteiger partial charge in [0.25, 0.3) is 0 Å². The smallest absolute Gasteiger partial charge is 0.164 e. The zero-order chi connectivity index (χ0) is 32.3. The quantitative estimate of drug-likeness (QED) is 0.184. The molecule has 4 nitrogen and oxygen atoms in total. The van der Waals surface area contributed by atoms with Crippen molar-refractivity contribution in [1.82, 2.24) is 19.5 Å². The van der Waals surface area contributed by atoms with Crippen LogP contribution < -0.4 is 0 Å². The fourth-order valence-corrected chi connectivity index (χ4v) is 9.46. The minimum absolute atomic E-state index is 0.655. The SMILES string of the molecule is c1ccc(-c2nc(-c3ccccc3)nc(-c3ccc(-c4ccc5c(c4)c4sc6sc7ccccc7c6c4n5-c4ccccc4)cc3)n2)cc1. The number of aromatic nitrogens is 4. The first-order valence-electron chi connectivity index (χ1n) is 16.2. The van der Waals surface area contributed by atoms with Crippen LogP contribution in [0, 0.1) is 0 Å². The molecule has 0 spiro atoms. The monoisotopic (exact) mass is 662 g/mol. The van der Waals surface area contributed by atoms with Crippen molar-refractivity contribution in [3.63, 3.8) is 0 Å². The Morgan fingerprint density at radius 2 is 0.959 bits per heavy atom. The number of hydrogen-bond acceptors (Lipinski definition) is 5. The molecule has 10 rings (SSSR count). The van der Waals surface area contributed by atoms with E-state index in [2.05, 4.69) is 102 Å². The van der Waals surface area contributed by atoms with Gasteiger partial charge in [-0.25, -0.2) is 15.0 Å². The predicted octanol–water partition coefficient (Wildman–Crippen LogP) is 12.1. The van der Waals surface area contributed by atoms with Gasteiger partial charge in [-0.3, -0.25) is 0 Å². The lowest BCUT2D eigenvalue weighted by Gasteiger charge is -2.10. The molecule has 0 fully saturated rings. The van der Waals surface area contributed by atoms with Gasteiger partial charge < -0.3 is 4.57 Å². The van der Waals surface area contributed by atoms with Crippen LogP contribution in [0.2, 0.25) is 0 Å². The Bertz CT molecular complexity index is 2740. The van der Waals surface area contributed by atoms with Crippen LogP contribution in [0.15, 0.2) is 158 Å². The lowest BCUT2D eigenvalue weighted by molar-refractivity contribution is 1.07. The molecule has 0 radical (unpaired) electrons. The fourth-order valence-electron chi connectivity index (χ4n) is 6.78. The Balaban J connectivity index is 1.10. The molecule has 6 heteroatoms. The number of para-hydroxylation sites is 1. The zero-order valence-electron chi connectivity index (χ0n) is 26.1. The van der Waals surface area contributed by atoms with Gasteiger partial charge in [-0.05, 0) is 41.5 Å². The second-order valence-electron chi connectivity index (χ2n) is 12.1. The van der Waals surface area contributed by atoms with E-state index in [0.717, 1.165) is 22.3 Å². The normalized spacial score (nSPS) is 11.7. The number of hydrogen-bond donors (Lipinski definition) is 0. The molecule has 0 aliphatic rings. The second-order valence-corrected chi connectivity index (χ2v) is 14.4. The van der Waals surface area contributed by atoms with Crippen molar-refractivity contribution in [2.75, 3.05) is 0 Å². The maximum atomic E-state index is 4.92. The Labute approximate surface area is 290 Å². The van der Waals surface area contributed by atoms with Crippen LogP contribution in [-0.2, 0) is 0 Å². The van der Waals surface area contributed by atoms with Crippen LogP contribution in [0.4, 0.5) is 0 Å². The first-order chi connectivity index (χ1) is 24.3. The van der Waals surface area contributed by atoms with Gasteiger partial charge in [0.2, 0.25) is 0 Å².